The van der Waals surface area contributed by atoms with Gasteiger partial charge >= 0.3 is 0 Å². The van der Waals surface area contributed by atoms with E-state index in [2.05, 4.69) is 25.3 Å². The van der Waals surface area contributed by atoms with Gasteiger partial charge in [-0.1, -0.05) is 46.7 Å². The Labute approximate surface area is 187 Å². The Bertz CT molecular complexity index is 1330. The van der Waals surface area contributed by atoms with E-state index < -0.39 is 0 Å². The molecule has 0 unspecified atom stereocenters. The number of halogens is 1. The highest BCUT2D eigenvalue weighted by Crippen LogP contribution is 2.30. The molecule has 5 aromatic rings. The minimum absolute atomic E-state index is 0.309. The average molecular weight is 444 g/mol. The first-order chi connectivity index (χ1) is 15.7. The molecule has 0 aliphatic carbocycles. The van der Waals surface area contributed by atoms with Crippen molar-refractivity contribution in [3.8, 4) is 28.5 Å². The van der Waals surface area contributed by atoms with Gasteiger partial charge in [-0.25, -0.2) is 4.39 Å². The number of aryl methyl sites for hydroxylation is 1. The lowest BCUT2D eigenvalue weighted by Gasteiger charge is -2.09. The summed E-state index contributed by atoms with van der Waals surface area (Å²) in [6, 6.07) is 17.8. The maximum atomic E-state index is 13.5. The summed E-state index contributed by atoms with van der Waals surface area (Å²) in [7, 11) is 0. The van der Waals surface area contributed by atoms with Crippen LogP contribution in [-0.4, -0.2) is 29.9 Å². The Kier molecular flexibility index (Phi) is 5.47. The average Bonchev–Trinajstić information content (AvgIpc) is 3.47. The van der Waals surface area contributed by atoms with Gasteiger partial charge < -0.3 is 4.52 Å². The largest absolute Gasteiger partial charge is 0.338 e. The van der Waals surface area contributed by atoms with Crippen molar-refractivity contribution < 1.29 is 8.91 Å². The van der Waals surface area contributed by atoms with E-state index in [0.717, 1.165) is 22.4 Å². The lowest BCUT2D eigenvalue weighted by molar-refractivity contribution is 0.391. The van der Waals surface area contributed by atoms with Crippen LogP contribution in [0.1, 0.15) is 11.5 Å². The molecule has 0 bridgehead atoms. The Morgan fingerprint density at radius 2 is 1.66 bits per heavy atom. The zero-order valence-electron chi connectivity index (χ0n) is 17.0. The number of benzene rings is 2. The van der Waals surface area contributed by atoms with Crippen LogP contribution >= 0.6 is 11.8 Å². The molecular weight excluding hydrogens is 427 g/mol. The highest BCUT2D eigenvalue weighted by molar-refractivity contribution is 7.98. The van der Waals surface area contributed by atoms with Gasteiger partial charge in [0.25, 0.3) is 0 Å². The molecule has 0 saturated carbocycles. The van der Waals surface area contributed by atoms with Gasteiger partial charge in [-0.15, -0.1) is 10.2 Å². The number of aromatic nitrogens is 6. The number of thioether (sulfide) groups is 1. The molecule has 0 atom stereocenters. The summed E-state index contributed by atoms with van der Waals surface area (Å²) < 4.78 is 20.8. The quantitative estimate of drug-likeness (QED) is 0.336. The van der Waals surface area contributed by atoms with Crippen LogP contribution in [-0.2, 0) is 5.75 Å². The molecule has 3 heterocycles. The van der Waals surface area contributed by atoms with Gasteiger partial charge in [-0.3, -0.25) is 9.55 Å². The third-order valence-electron chi connectivity index (χ3n) is 4.76. The molecular formula is C23H17FN6OS. The van der Waals surface area contributed by atoms with E-state index in [0.29, 0.717) is 28.4 Å². The second kappa shape index (κ2) is 8.72. The predicted octanol–water partition coefficient (Wildman–Crippen LogP) is 5.12. The summed E-state index contributed by atoms with van der Waals surface area (Å²) in [5, 5.41) is 13.4. The first-order valence-electron chi connectivity index (χ1n) is 9.81. The van der Waals surface area contributed by atoms with Gasteiger partial charge in [0.1, 0.15) is 5.82 Å². The van der Waals surface area contributed by atoms with Crippen molar-refractivity contribution >= 4 is 11.8 Å². The summed E-state index contributed by atoms with van der Waals surface area (Å²) in [6.45, 7) is 2.03. The number of hydrogen-bond donors (Lipinski definition) is 0. The summed E-state index contributed by atoms with van der Waals surface area (Å²) in [6.07, 6.45) is 3.38. The molecule has 0 aliphatic rings. The summed E-state index contributed by atoms with van der Waals surface area (Å²) >= 11 is 1.41. The number of rotatable bonds is 6. The first-order valence-corrected chi connectivity index (χ1v) is 10.8. The third kappa shape index (κ3) is 4.15. The van der Waals surface area contributed by atoms with E-state index in [9.17, 15) is 4.39 Å². The molecule has 3 aromatic heterocycles. The minimum Gasteiger partial charge on any atom is -0.338 e. The van der Waals surface area contributed by atoms with Crippen LogP contribution in [0.4, 0.5) is 4.39 Å². The molecule has 0 amide bonds. The standard InChI is InChI=1S/C23H17FN6OS/c1-15-2-4-16(5-3-15)21-26-20(31-29-21)14-32-23-28-27-22(17-10-12-25-13-11-17)30(23)19-8-6-18(24)7-9-19/h2-13H,14H2,1H3. The monoisotopic (exact) mass is 444 g/mol. The third-order valence-corrected chi connectivity index (χ3v) is 5.67. The van der Waals surface area contributed by atoms with E-state index >= 15 is 0 Å². The summed E-state index contributed by atoms with van der Waals surface area (Å²) in [5.41, 5.74) is 3.66. The predicted molar refractivity (Wildman–Crippen MR) is 119 cm³/mol. The van der Waals surface area contributed by atoms with Crippen molar-refractivity contribution in [2.45, 2.75) is 17.8 Å². The second-order valence-electron chi connectivity index (χ2n) is 7.02. The van der Waals surface area contributed by atoms with Crippen LogP contribution < -0.4 is 0 Å². The molecule has 9 heteroatoms. The molecule has 5 rings (SSSR count). The summed E-state index contributed by atoms with van der Waals surface area (Å²) in [5.74, 6) is 1.75. The number of pyridine rings is 1. The SMILES string of the molecule is Cc1ccc(-c2noc(CSc3nnc(-c4ccncc4)n3-c3ccc(F)cc3)n2)cc1. The first kappa shape index (κ1) is 20.1. The van der Waals surface area contributed by atoms with Gasteiger partial charge in [-0.2, -0.15) is 4.98 Å². The molecule has 0 aliphatic heterocycles. The fourth-order valence-corrected chi connectivity index (χ4v) is 3.92. The van der Waals surface area contributed by atoms with Gasteiger partial charge in [0.05, 0.1) is 5.75 Å². The fourth-order valence-electron chi connectivity index (χ4n) is 3.13. The molecule has 0 fully saturated rings. The number of nitrogens with zero attached hydrogens (tertiary/aromatic N) is 6. The Morgan fingerprint density at radius 3 is 2.41 bits per heavy atom. The number of hydrogen-bond acceptors (Lipinski definition) is 7. The van der Waals surface area contributed by atoms with Crippen LogP contribution in [0, 0.1) is 12.7 Å². The molecule has 7 nitrogen and oxygen atoms in total. The van der Waals surface area contributed by atoms with Crippen molar-refractivity contribution in [1.29, 1.82) is 0 Å². The van der Waals surface area contributed by atoms with Gasteiger partial charge in [0.2, 0.25) is 11.7 Å². The highest BCUT2D eigenvalue weighted by atomic mass is 32.2. The Balaban J connectivity index is 1.43. The van der Waals surface area contributed by atoms with E-state index in [1.807, 2.05) is 47.9 Å². The van der Waals surface area contributed by atoms with Crippen LogP contribution in [0.3, 0.4) is 0 Å². The second-order valence-corrected chi connectivity index (χ2v) is 7.96. The van der Waals surface area contributed by atoms with E-state index in [-0.39, 0.29) is 5.82 Å². The Hall–Kier alpha value is -3.85. The summed E-state index contributed by atoms with van der Waals surface area (Å²) in [4.78, 5) is 8.55. The normalized spacial score (nSPS) is 11.1. The molecule has 0 radical (unpaired) electrons. The fraction of sp³-hybridized carbons (Fsp3) is 0.0870. The van der Waals surface area contributed by atoms with Crippen molar-refractivity contribution in [3.63, 3.8) is 0 Å². The smallest absolute Gasteiger partial charge is 0.237 e. The topological polar surface area (TPSA) is 82.5 Å². The van der Waals surface area contributed by atoms with E-state index in [4.69, 9.17) is 4.52 Å². The molecule has 0 N–H and O–H groups in total. The van der Waals surface area contributed by atoms with Crippen molar-refractivity contribution in [3.05, 3.63) is 90.3 Å². The lowest BCUT2D eigenvalue weighted by atomic mass is 10.1. The van der Waals surface area contributed by atoms with Gasteiger partial charge in [0.15, 0.2) is 11.0 Å². The van der Waals surface area contributed by atoms with Crippen molar-refractivity contribution in [1.82, 2.24) is 29.9 Å². The molecule has 32 heavy (non-hydrogen) atoms. The van der Waals surface area contributed by atoms with Crippen LogP contribution in [0.25, 0.3) is 28.5 Å². The van der Waals surface area contributed by atoms with Crippen LogP contribution in [0.5, 0.6) is 0 Å². The lowest BCUT2D eigenvalue weighted by Crippen LogP contribution is -2.00. The van der Waals surface area contributed by atoms with Gasteiger partial charge in [0, 0.05) is 29.2 Å². The van der Waals surface area contributed by atoms with Crippen LogP contribution in [0.2, 0.25) is 0 Å². The Morgan fingerprint density at radius 1 is 0.906 bits per heavy atom. The van der Waals surface area contributed by atoms with Crippen molar-refractivity contribution in [2.75, 3.05) is 0 Å². The van der Waals surface area contributed by atoms with E-state index in [1.54, 1.807) is 24.5 Å². The minimum atomic E-state index is -0.309. The van der Waals surface area contributed by atoms with E-state index in [1.165, 1.54) is 23.9 Å². The highest BCUT2D eigenvalue weighted by Gasteiger charge is 2.18. The zero-order chi connectivity index (χ0) is 21.9. The molecule has 0 spiro atoms. The van der Waals surface area contributed by atoms with Crippen LogP contribution in [0.15, 0.2) is 82.7 Å². The zero-order valence-corrected chi connectivity index (χ0v) is 17.8. The molecule has 158 valence electrons. The van der Waals surface area contributed by atoms with Crippen molar-refractivity contribution in [2.24, 2.45) is 0 Å². The maximum Gasteiger partial charge on any atom is 0.237 e. The molecule has 2 aromatic carbocycles. The maximum absolute atomic E-state index is 13.5. The van der Waals surface area contributed by atoms with Gasteiger partial charge in [-0.05, 0) is 43.3 Å². The molecule has 0 saturated heterocycles.